The van der Waals surface area contributed by atoms with Gasteiger partial charge >= 0.3 is 6.18 Å². The van der Waals surface area contributed by atoms with Gasteiger partial charge in [0.05, 0.1) is 35.3 Å². The predicted octanol–water partition coefficient (Wildman–Crippen LogP) is 4.47. The van der Waals surface area contributed by atoms with Crippen LogP contribution in [-0.2, 0) is 15.8 Å². The van der Waals surface area contributed by atoms with Crippen molar-refractivity contribution in [3.05, 3.63) is 101 Å². The minimum Gasteiger partial charge on any atom is -0.292 e. The molecule has 0 aliphatic carbocycles. The highest BCUT2D eigenvalue weighted by atomic mass is 19.4. The number of hydrogen-bond donors (Lipinski definition) is 0. The van der Waals surface area contributed by atoms with Crippen molar-refractivity contribution in [2.24, 2.45) is 16.9 Å². The van der Waals surface area contributed by atoms with Gasteiger partial charge in [0, 0.05) is 5.56 Å². The average Bonchev–Trinajstić information content (AvgIpc) is 3.36. The van der Waals surface area contributed by atoms with Crippen LogP contribution in [0.5, 0.6) is 0 Å². The number of alkyl halides is 3. The zero-order valence-corrected chi connectivity index (χ0v) is 18.6. The topological polar surface area (TPSA) is 70.0 Å². The number of halogens is 3. The first-order chi connectivity index (χ1) is 17.3. The van der Waals surface area contributed by atoms with Crippen LogP contribution in [0.15, 0.2) is 84.0 Å². The Bertz CT molecular complexity index is 1440. The number of rotatable bonds is 3. The monoisotopic (exact) mass is 489 g/mol. The summed E-state index contributed by atoms with van der Waals surface area (Å²) in [6, 6.07) is 18.0. The lowest BCUT2D eigenvalue weighted by atomic mass is 9.83. The number of imide groups is 1. The van der Waals surface area contributed by atoms with E-state index in [1.165, 1.54) is 17.1 Å². The molecule has 0 unspecified atom stereocenters. The molecular formula is C27H18F3N3O3. The van der Waals surface area contributed by atoms with E-state index in [2.05, 4.69) is 5.10 Å². The fourth-order valence-corrected chi connectivity index (χ4v) is 5.59. The molecule has 0 radical (unpaired) electrons. The Kier molecular flexibility index (Phi) is 4.86. The number of benzene rings is 3. The zero-order chi connectivity index (χ0) is 25.2. The maximum atomic E-state index is 13.8. The second-order valence-electron chi connectivity index (χ2n) is 8.95. The molecule has 0 aromatic heterocycles. The van der Waals surface area contributed by atoms with Gasteiger partial charge in [-0.15, -0.1) is 0 Å². The highest BCUT2D eigenvalue weighted by molar-refractivity contribution is 6.25. The van der Waals surface area contributed by atoms with Gasteiger partial charge < -0.3 is 0 Å². The fourth-order valence-electron chi connectivity index (χ4n) is 5.59. The summed E-state index contributed by atoms with van der Waals surface area (Å²) in [6.07, 6.45) is -3.20. The van der Waals surface area contributed by atoms with Gasteiger partial charge in [-0.2, -0.15) is 18.3 Å². The highest BCUT2D eigenvalue weighted by Gasteiger charge is 2.65. The van der Waals surface area contributed by atoms with Gasteiger partial charge in [-0.1, -0.05) is 66.7 Å². The van der Waals surface area contributed by atoms with Crippen molar-refractivity contribution in [1.29, 1.82) is 0 Å². The van der Waals surface area contributed by atoms with Gasteiger partial charge in [-0.05, 0) is 23.3 Å². The molecule has 3 aliphatic rings. The number of carbonyl (C=O) groups excluding carboxylic acids is 3. The number of Topliss-reactive ketones (excluding diaryl/α,β-unsaturated/α-hetero) is 1. The van der Waals surface area contributed by atoms with Crippen LogP contribution >= 0.6 is 0 Å². The molecule has 6 rings (SSSR count). The average molecular weight is 489 g/mol. The number of carbonyl (C=O) groups is 3. The standard InChI is InChI=1S/C27H18F3N3O3/c28-27(29,30)18-12-6-7-13-19(18)32-25(35)20-21(26(32)36)23(24(34)15-8-2-1-3-9-15)33-22(20)17-11-5-4-10-16(17)14-31-33/h1-14,20-23H/t20-,21-,22+,23+/m1/s1. The third-order valence-corrected chi connectivity index (χ3v) is 7.07. The number of hydrogen-bond acceptors (Lipinski definition) is 5. The first kappa shape index (κ1) is 22.2. The SMILES string of the molecule is O=C(c1ccccc1)[C@@H]1[C@@H]2C(=O)N(c3ccccc3C(F)(F)F)C(=O)[C@H]2[C@@H]2c3ccccc3C=NN12. The molecule has 3 aliphatic heterocycles. The summed E-state index contributed by atoms with van der Waals surface area (Å²) >= 11 is 0. The molecule has 3 aromatic rings. The van der Waals surface area contributed by atoms with Gasteiger partial charge in [0.1, 0.15) is 6.04 Å². The number of ketones is 1. The van der Waals surface area contributed by atoms with Gasteiger partial charge in [-0.25, -0.2) is 4.90 Å². The Hall–Kier alpha value is -4.27. The summed E-state index contributed by atoms with van der Waals surface area (Å²) in [4.78, 5) is 41.9. The van der Waals surface area contributed by atoms with E-state index in [-0.39, 0.29) is 0 Å². The molecule has 3 aromatic carbocycles. The van der Waals surface area contributed by atoms with E-state index in [0.29, 0.717) is 16.0 Å². The molecule has 2 fully saturated rings. The lowest BCUT2D eigenvalue weighted by molar-refractivity contribution is -0.137. The number of hydrazone groups is 1. The molecule has 0 bridgehead atoms. The van der Waals surface area contributed by atoms with E-state index in [9.17, 15) is 27.6 Å². The Labute approximate surface area is 203 Å². The molecule has 180 valence electrons. The molecule has 4 atom stereocenters. The molecular weight excluding hydrogens is 471 g/mol. The van der Waals surface area contributed by atoms with Crippen LogP contribution in [0, 0.1) is 11.8 Å². The molecule has 6 nitrogen and oxygen atoms in total. The number of para-hydroxylation sites is 1. The van der Waals surface area contributed by atoms with Crippen LogP contribution in [0.4, 0.5) is 18.9 Å². The van der Waals surface area contributed by atoms with E-state index < -0.39 is 58.9 Å². The summed E-state index contributed by atoms with van der Waals surface area (Å²) in [5.74, 6) is -4.29. The normalized spacial score (nSPS) is 24.5. The van der Waals surface area contributed by atoms with Gasteiger partial charge in [0.2, 0.25) is 11.8 Å². The summed E-state index contributed by atoms with van der Waals surface area (Å²) in [5.41, 5.74) is 0.124. The number of anilines is 1. The van der Waals surface area contributed by atoms with E-state index in [1.807, 2.05) is 0 Å². The van der Waals surface area contributed by atoms with Crippen molar-refractivity contribution in [3.63, 3.8) is 0 Å². The minimum absolute atomic E-state index is 0.324. The van der Waals surface area contributed by atoms with E-state index in [1.54, 1.807) is 60.8 Å². The maximum Gasteiger partial charge on any atom is 0.418 e. The quantitative estimate of drug-likeness (QED) is 0.402. The zero-order valence-electron chi connectivity index (χ0n) is 18.6. The van der Waals surface area contributed by atoms with Crippen molar-refractivity contribution in [1.82, 2.24) is 5.01 Å². The largest absolute Gasteiger partial charge is 0.418 e. The Balaban J connectivity index is 1.52. The summed E-state index contributed by atoms with van der Waals surface area (Å²) < 4.78 is 41.4. The number of nitrogens with zero attached hydrogens (tertiary/aromatic N) is 3. The minimum atomic E-state index is -4.78. The van der Waals surface area contributed by atoms with Crippen molar-refractivity contribution in [3.8, 4) is 0 Å². The van der Waals surface area contributed by atoms with Gasteiger partial charge in [0.15, 0.2) is 5.78 Å². The second-order valence-corrected chi connectivity index (χ2v) is 8.95. The first-order valence-electron chi connectivity index (χ1n) is 11.3. The van der Waals surface area contributed by atoms with Crippen LogP contribution in [0.3, 0.4) is 0 Å². The van der Waals surface area contributed by atoms with Crippen LogP contribution in [-0.4, -0.2) is 34.9 Å². The predicted molar refractivity (Wildman–Crippen MR) is 124 cm³/mol. The molecule has 2 saturated heterocycles. The molecule has 3 heterocycles. The van der Waals surface area contributed by atoms with Crippen molar-refractivity contribution < 1.29 is 27.6 Å². The first-order valence-corrected chi connectivity index (χ1v) is 11.3. The molecule has 0 spiro atoms. The third-order valence-electron chi connectivity index (χ3n) is 7.07. The van der Waals surface area contributed by atoms with E-state index in [0.717, 1.165) is 17.7 Å². The molecule has 0 N–H and O–H groups in total. The molecule has 2 amide bonds. The van der Waals surface area contributed by atoms with E-state index in [4.69, 9.17) is 0 Å². The Morgan fingerprint density at radius 2 is 1.44 bits per heavy atom. The highest BCUT2D eigenvalue weighted by Crippen LogP contribution is 2.54. The molecule has 36 heavy (non-hydrogen) atoms. The molecule has 9 heteroatoms. The Morgan fingerprint density at radius 3 is 2.19 bits per heavy atom. The summed E-state index contributed by atoms with van der Waals surface area (Å²) in [7, 11) is 0. The van der Waals surface area contributed by atoms with Crippen LogP contribution in [0.25, 0.3) is 0 Å². The van der Waals surface area contributed by atoms with Crippen molar-refractivity contribution >= 4 is 29.5 Å². The maximum absolute atomic E-state index is 13.8. The smallest absolute Gasteiger partial charge is 0.292 e. The lowest BCUT2D eigenvalue weighted by Crippen LogP contribution is -2.45. The number of amides is 2. The summed E-state index contributed by atoms with van der Waals surface area (Å²) in [5, 5.41) is 5.93. The fraction of sp³-hybridized carbons (Fsp3) is 0.185. The molecule has 0 saturated carbocycles. The third kappa shape index (κ3) is 3.12. The van der Waals surface area contributed by atoms with Crippen LogP contribution in [0.1, 0.15) is 33.1 Å². The lowest BCUT2D eigenvalue weighted by Gasteiger charge is -2.34. The van der Waals surface area contributed by atoms with E-state index >= 15 is 0 Å². The second kappa shape index (κ2) is 7.87. The Morgan fingerprint density at radius 1 is 0.806 bits per heavy atom. The van der Waals surface area contributed by atoms with Crippen molar-refractivity contribution in [2.45, 2.75) is 18.3 Å². The van der Waals surface area contributed by atoms with Crippen LogP contribution < -0.4 is 4.90 Å². The van der Waals surface area contributed by atoms with Crippen molar-refractivity contribution in [2.75, 3.05) is 4.90 Å². The summed E-state index contributed by atoms with van der Waals surface area (Å²) in [6.45, 7) is 0. The van der Waals surface area contributed by atoms with Crippen LogP contribution in [0.2, 0.25) is 0 Å². The van der Waals surface area contributed by atoms with Gasteiger partial charge in [-0.3, -0.25) is 19.4 Å². The van der Waals surface area contributed by atoms with Gasteiger partial charge in [0.25, 0.3) is 0 Å². The number of fused-ring (bicyclic) bond motifs is 5.